The van der Waals surface area contributed by atoms with Crippen LogP contribution in [0, 0.1) is 0 Å². The predicted molar refractivity (Wildman–Crippen MR) is 88.2 cm³/mol. The number of nitrogens with zero attached hydrogens (tertiary/aromatic N) is 1. The molecule has 2 N–H and O–H groups in total. The minimum Gasteiger partial charge on any atom is -0.495 e. The molecule has 1 aromatic heterocycles. The van der Waals surface area contributed by atoms with Crippen LogP contribution in [0.5, 0.6) is 5.75 Å². The number of carbonyl (C=O) groups is 2. The lowest BCUT2D eigenvalue weighted by Gasteiger charge is -2.11. The first-order chi connectivity index (χ1) is 11.0. The first-order valence-electron chi connectivity index (χ1n) is 6.52. The van der Waals surface area contributed by atoms with Crippen molar-refractivity contribution >= 4 is 40.7 Å². The Kier molecular flexibility index (Phi) is 5.78. The highest BCUT2D eigenvalue weighted by Gasteiger charge is 2.12. The Morgan fingerprint density at radius 2 is 1.91 bits per heavy atom. The molecule has 120 valence electrons. The van der Waals surface area contributed by atoms with E-state index < -0.39 is 11.8 Å². The van der Waals surface area contributed by atoms with E-state index in [2.05, 4.69) is 15.6 Å². The van der Waals surface area contributed by atoms with Crippen molar-refractivity contribution in [3.05, 3.63) is 52.3 Å². The SMILES string of the molecule is COc1ccc(Cl)cc1NC(=O)CNC(=O)c1cc(Cl)ccn1. The Hall–Kier alpha value is -2.31. The number of pyridine rings is 1. The number of amides is 2. The van der Waals surface area contributed by atoms with E-state index in [0.29, 0.717) is 21.5 Å². The lowest BCUT2D eigenvalue weighted by molar-refractivity contribution is -0.115. The Labute approximate surface area is 142 Å². The maximum Gasteiger partial charge on any atom is 0.270 e. The van der Waals surface area contributed by atoms with E-state index in [4.69, 9.17) is 27.9 Å². The molecule has 0 aliphatic heterocycles. The zero-order valence-electron chi connectivity index (χ0n) is 12.1. The summed E-state index contributed by atoms with van der Waals surface area (Å²) in [5.74, 6) is -0.466. The van der Waals surface area contributed by atoms with Crippen molar-refractivity contribution < 1.29 is 14.3 Å². The van der Waals surface area contributed by atoms with Crippen LogP contribution in [0.25, 0.3) is 0 Å². The number of hydrogen-bond donors (Lipinski definition) is 2. The lowest BCUT2D eigenvalue weighted by Crippen LogP contribution is -2.33. The van der Waals surface area contributed by atoms with Gasteiger partial charge in [0, 0.05) is 16.2 Å². The lowest BCUT2D eigenvalue weighted by atomic mass is 10.3. The molecule has 0 aliphatic carbocycles. The van der Waals surface area contributed by atoms with Crippen LogP contribution in [0.3, 0.4) is 0 Å². The number of anilines is 1. The summed E-state index contributed by atoms with van der Waals surface area (Å²) in [5.41, 5.74) is 0.547. The van der Waals surface area contributed by atoms with Crippen LogP contribution in [-0.4, -0.2) is 30.5 Å². The second-order valence-electron chi connectivity index (χ2n) is 4.43. The summed E-state index contributed by atoms with van der Waals surface area (Å²) in [7, 11) is 1.48. The van der Waals surface area contributed by atoms with Gasteiger partial charge in [-0.3, -0.25) is 14.6 Å². The van der Waals surface area contributed by atoms with Gasteiger partial charge in [0.1, 0.15) is 11.4 Å². The Morgan fingerprint density at radius 3 is 2.61 bits per heavy atom. The topological polar surface area (TPSA) is 80.3 Å². The molecule has 1 heterocycles. The number of hydrogen-bond acceptors (Lipinski definition) is 4. The number of rotatable bonds is 5. The summed E-state index contributed by atoms with van der Waals surface area (Å²) in [6, 6.07) is 7.79. The molecule has 0 unspecified atom stereocenters. The monoisotopic (exact) mass is 353 g/mol. The average Bonchev–Trinajstić information content (AvgIpc) is 2.53. The van der Waals surface area contributed by atoms with Crippen LogP contribution >= 0.6 is 23.2 Å². The quantitative estimate of drug-likeness (QED) is 0.865. The first-order valence-corrected chi connectivity index (χ1v) is 7.28. The molecule has 0 saturated heterocycles. The molecule has 2 amide bonds. The normalized spacial score (nSPS) is 10.0. The number of methoxy groups -OCH3 is 1. The standard InChI is InChI=1S/C15H13Cl2N3O3/c1-23-13-3-2-9(16)6-11(13)20-14(21)8-19-15(22)12-7-10(17)4-5-18-12/h2-7H,8H2,1H3,(H,19,22)(H,20,21). The van der Waals surface area contributed by atoms with Gasteiger partial charge in [0.25, 0.3) is 5.91 Å². The van der Waals surface area contributed by atoms with E-state index in [9.17, 15) is 9.59 Å². The number of carbonyl (C=O) groups excluding carboxylic acids is 2. The molecule has 23 heavy (non-hydrogen) atoms. The molecule has 2 aromatic rings. The van der Waals surface area contributed by atoms with E-state index in [1.54, 1.807) is 24.3 Å². The van der Waals surface area contributed by atoms with E-state index >= 15 is 0 Å². The number of benzene rings is 1. The van der Waals surface area contributed by atoms with Gasteiger partial charge in [0.2, 0.25) is 5.91 Å². The van der Waals surface area contributed by atoms with Gasteiger partial charge >= 0.3 is 0 Å². The number of aromatic nitrogens is 1. The van der Waals surface area contributed by atoms with Crippen LogP contribution in [0.15, 0.2) is 36.5 Å². The number of ether oxygens (including phenoxy) is 1. The van der Waals surface area contributed by atoms with E-state index in [0.717, 1.165) is 0 Å². The van der Waals surface area contributed by atoms with Crippen LogP contribution in [0.2, 0.25) is 10.0 Å². The van der Waals surface area contributed by atoms with Gasteiger partial charge in [0.15, 0.2) is 0 Å². The highest BCUT2D eigenvalue weighted by Crippen LogP contribution is 2.27. The van der Waals surface area contributed by atoms with Crippen LogP contribution in [0.1, 0.15) is 10.5 Å². The predicted octanol–water partition coefficient (Wildman–Crippen LogP) is 2.77. The van der Waals surface area contributed by atoms with E-state index in [1.165, 1.54) is 19.4 Å². The van der Waals surface area contributed by atoms with Crippen molar-refractivity contribution in [3.8, 4) is 5.75 Å². The third-order valence-electron chi connectivity index (χ3n) is 2.80. The molecule has 0 fully saturated rings. The zero-order chi connectivity index (χ0) is 16.8. The van der Waals surface area contributed by atoms with Gasteiger partial charge in [-0.2, -0.15) is 0 Å². The molecule has 0 radical (unpaired) electrons. The Bertz CT molecular complexity index is 738. The maximum atomic E-state index is 11.9. The van der Waals surface area contributed by atoms with Crippen molar-refractivity contribution in [1.82, 2.24) is 10.3 Å². The van der Waals surface area contributed by atoms with Gasteiger partial charge in [-0.15, -0.1) is 0 Å². The zero-order valence-corrected chi connectivity index (χ0v) is 13.6. The Balaban J connectivity index is 1.95. The molecule has 1 aromatic carbocycles. The molecule has 0 saturated carbocycles. The van der Waals surface area contributed by atoms with Gasteiger partial charge in [0.05, 0.1) is 19.3 Å². The molecule has 6 nitrogen and oxygen atoms in total. The smallest absolute Gasteiger partial charge is 0.270 e. The van der Waals surface area contributed by atoms with Crippen LogP contribution < -0.4 is 15.4 Å². The molecule has 8 heteroatoms. The van der Waals surface area contributed by atoms with Crippen molar-refractivity contribution in [1.29, 1.82) is 0 Å². The summed E-state index contributed by atoms with van der Waals surface area (Å²) in [4.78, 5) is 27.7. The minimum atomic E-state index is -0.499. The molecule has 0 atom stereocenters. The maximum absolute atomic E-state index is 11.9. The van der Waals surface area contributed by atoms with Crippen molar-refractivity contribution in [3.63, 3.8) is 0 Å². The summed E-state index contributed by atoms with van der Waals surface area (Å²) in [6.45, 7) is -0.233. The summed E-state index contributed by atoms with van der Waals surface area (Å²) < 4.78 is 5.12. The average molecular weight is 354 g/mol. The highest BCUT2D eigenvalue weighted by molar-refractivity contribution is 6.31. The van der Waals surface area contributed by atoms with E-state index in [-0.39, 0.29) is 12.2 Å². The fourth-order valence-corrected chi connectivity index (χ4v) is 2.08. The summed E-state index contributed by atoms with van der Waals surface area (Å²) in [5, 5.41) is 5.90. The summed E-state index contributed by atoms with van der Waals surface area (Å²) >= 11 is 11.7. The van der Waals surface area contributed by atoms with Gasteiger partial charge in [-0.25, -0.2) is 0 Å². The minimum absolute atomic E-state index is 0.130. The fraction of sp³-hybridized carbons (Fsp3) is 0.133. The van der Waals surface area contributed by atoms with Crippen LogP contribution in [-0.2, 0) is 4.79 Å². The summed E-state index contributed by atoms with van der Waals surface area (Å²) in [6.07, 6.45) is 1.41. The Morgan fingerprint density at radius 1 is 1.17 bits per heavy atom. The second-order valence-corrected chi connectivity index (χ2v) is 5.31. The van der Waals surface area contributed by atoms with Crippen molar-refractivity contribution in [2.75, 3.05) is 19.0 Å². The number of halogens is 2. The molecule has 0 spiro atoms. The van der Waals surface area contributed by atoms with Gasteiger partial charge in [-0.05, 0) is 30.3 Å². The molecule has 2 rings (SSSR count). The fourth-order valence-electron chi connectivity index (χ4n) is 1.75. The second kappa shape index (κ2) is 7.80. The third kappa shape index (κ3) is 4.84. The highest BCUT2D eigenvalue weighted by atomic mass is 35.5. The first kappa shape index (κ1) is 17.1. The largest absolute Gasteiger partial charge is 0.495 e. The van der Waals surface area contributed by atoms with Gasteiger partial charge < -0.3 is 15.4 Å². The van der Waals surface area contributed by atoms with E-state index in [1.807, 2.05) is 0 Å². The number of nitrogens with one attached hydrogen (secondary N) is 2. The van der Waals surface area contributed by atoms with Crippen LogP contribution in [0.4, 0.5) is 5.69 Å². The van der Waals surface area contributed by atoms with Crippen molar-refractivity contribution in [2.45, 2.75) is 0 Å². The van der Waals surface area contributed by atoms with Gasteiger partial charge in [-0.1, -0.05) is 23.2 Å². The molecular formula is C15H13Cl2N3O3. The molecular weight excluding hydrogens is 341 g/mol. The molecule has 0 aliphatic rings. The van der Waals surface area contributed by atoms with Crippen molar-refractivity contribution in [2.24, 2.45) is 0 Å². The molecule has 0 bridgehead atoms. The third-order valence-corrected chi connectivity index (χ3v) is 3.27.